The Labute approximate surface area is 147 Å². The van der Waals surface area contributed by atoms with Gasteiger partial charge in [0.2, 0.25) is 0 Å². The molecule has 2 N–H and O–H groups in total. The molecule has 0 spiro atoms. The Morgan fingerprint density at radius 2 is 1.72 bits per heavy atom. The molecule has 5 heteroatoms. The van der Waals surface area contributed by atoms with Crippen LogP contribution in [0.5, 0.6) is 5.75 Å². The van der Waals surface area contributed by atoms with Gasteiger partial charge in [-0.25, -0.2) is 0 Å². The van der Waals surface area contributed by atoms with Crippen molar-refractivity contribution in [2.75, 3.05) is 26.2 Å². The van der Waals surface area contributed by atoms with Crippen LogP contribution in [0, 0.1) is 5.92 Å². The summed E-state index contributed by atoms with van der Waals surface area (Å²) in [6.07, 6.45) is 0.957. The Bertz CT molecular complexity index is 728. The summed E-state index contributed by atoms with van der Waals surface area (Å²) in [7, 11) is 0. The summed E-state index contributed by atoms with van der Waals surface area (Å²) in [4.78, 5) is 26.3. The quantitative estimate of drug-likeness (QED) is 0.819. The van der Waals surface area contributed by atoms with Crippen LogP contribution in [-0.4, -0.2) is 42.8 Å². The molecule has 1 heterocycles. The molecule has 1 saturated heterocycles. The third kappa shape index (κ3) is 4.25. The van der Waals surface area contributed by atoms with Gasteiger partial charge in [0.25, 0.3) is 5.91 Å². The summed E-state index contributed by atoms with van der Waals surface area (Å²) in [6.45, 7) is 2.07. The van der Waals surface area contributed by atoms with Gasteiger partial charge in [-0.3, -0.25) is 9.59 Å². The van der Waals surface area contributed by atoms with Crippen LogP contribution >= 0.6 is 0 Å². The van der Waals surface area contributed by atoms with Gasteiger partial charge in [-0.15, -0.1) is 0 Å². The van der Waals surface area contributed by atoms with Crippen LogP contribution < -0.4 is 10.5 Å². The smallest absolute Gasteiger partial charge is 0.260 e. The second-order valence-corrected chi connectivity index (χ2v) is 6.24. The molecule has 1 unspecified atom stereocenters. The van der Waals surface area contributed by atoms with Gasteiger partial charge < -0.3 is 15.4 Å². The van der Waals surface area contributed by atoms with E-state index in [9.17, 15) is 9.59 Å². The van der Waals surface area contributed by atoms with Crippen LogP contribution in [0.1, 0.15) is 22.3 Å². The van der Waals surface area contributed by atoms with Gasteiger partial charge in [0.05, 0.1) is 0 Å². The predicted octanol–water partition coefficient (Wildman–Crippen LogP) is 2.10. The maximum absolute atomic E-state index is 12.3. The number of nitrogens with zero attached hydrogens (tertiary/aromatic N) is 1. The molecule has 0 saturated carbocycles. The maximum Gasteiger partial charge on any atom is 0.260 e. The Balaban J connectivity index is 1.54. The van der Waals surface area contributed by atoms with E-state index in [0.717, 1.165) is 13.0 Å². The number of hydrogen-bond acceptors (Lipinski definition) is 4. The van der Waals surface area contributed by atoms with Crippen molar-refractivity contribution in [1.29, 1.82) is 0 Å². The molecular weight excluding hydrogens is 316 g/mol. The summed E-state index contributed by atoms with van der Waals surface area (Å²) < 4.78 is 5.56. The fourth-order valence-electron chi connectivity index (χ4n) is 2.95. The molecular formula is C20H22N2O3. The molecule has 25 heavy (non-hydrogen) atoms. The number of rotatable bonds is 6. The van der Waals surface area contributed by atoms with Crippen LogP contribution in [0.15, 0.2) is 54.6 Å². The number of nitrogens with two attached hydrogens (primary N) is 1. The number of likely N-dealkylation sites (tertiary alicyclic amines) is 1. The first kappa shape index (κ1) is 17.2. The highest BCUT2D eigenvalue weighted by Crippen LogP contribution is 2.17. The van der Waals surface area contributed by atoms with Gasteiger partial charge in [-0.2, -0.15) is 0 Å². The van der Waals surface area contributed by atoms with E-state index < -0.39 is 0 Å². The molecule has 2 aromatic carbocycles. The second-order valence-electron chi connectivity index (χ2n) is 6.24. The Morgan fingerprint density at radius 3 is 2.36 bits per heavy atom. The maximum atomic E-state index is 12.3. The molecule has 1 atom stereocenters. The summed E-state index contributed by atoms with van der Waals surface area (Å²) in [5, 5.41) is 0. The van der Waals surface area contributed by atoms with E-state index in [2.05, 4.69) is 0 Å². The van der Waals surface area contributed by atoms with Crippen molar-refractivity contribution in [3.05, 3.63) is 65.7 Å². The second kappa shape index (κ2) is 7.94. The highest BCUT2D eigenvalue weighted by Gasteiger charge is 2.25. The van der Waals surface area contributed by atoms with Gasteiger partial charge in [-0.05, 0) is 43.1 Å². The van der Waals surface area contributed by atoms with Gasteiger partial charge in [0, 0.05) is 24.2 Å². The van der Waals surface area contributed by atoms with Crippen molar-refractivity contribution in [3.63, 3.8) is 0 Å². The molecule has 130 valence electrons. The fraction of sp³-hybridized carbons (Fsp3) is 0.300. The minimum absolute atomic E-state index is 0.00324. The van der Waals surface area contributed by atoms with Gasteiger partial charge in [-0.1, -0.05) is 30.3 Å². The zero-order valence-electron chi connectivity index (χ0n) is 14.1. The van der Waals surface area contributed by atoms with E-state index in [-0.39, 0.29) is 18.3 Å². The van der Waals surface area contributed by atoms with Crippen LogP contribution in [0.4, 0.5) is 0 Å². The molecule has 1 amide bonds. The highest BCUT2D eigenvalue weighted by molar-refractivity contribution is 6.08. The minimum atomic E-state index is -0.0341. The van der Waals surface area contributed by atoms with Crippen LogP contribution in [-0.2, 0) is 4.79 Å². The summed E-state index contributed by atoms with van der Waals surface area (Å²) >= 11 is 0. The third-order valence-corrected chi connectivity index (χ3v) is 4.49. The largest absolute Gasteiger partial charge is 0.484 e. The molecule has 0 aromatic heterocycles. The Morgan fingerprint density at radius 1 is 1.04 bits per heavy atom. The van der Waals surface area contributed by atoms with E-state index in [1.807, 2.05) is 18.2 Å². The zero-order chi connectivity index (χ0) is 17.6. The molecule has 3 rings (SSSR count). The van der Waals surface area contributed by atoms with E-state index in [4.69, 9.17) is 10.5 Å². The molecule has 0 aliphatic carbocycles. The summed E-state index contributed by atoms with van der Waals surface area (Å²) in [5.74, 6) is 0.910. The number of ether oxygens (including phenoxy) is 1. The minimum Gasteiger partial charge on any atom is -0.484 e. The van der Waals surface area contributed by atoms with E-state index >= 15 is 0 Å². The first-order valence-corrected chi connectivity index (χ1v) is 8.48. The number of carbonyl (C=O) groups is 2. The standard InChI is InChI=1S/C20H22N2O3/c21-12-15-10-11-22(13-15)19(23)14-25-18-8-6-17(7-9-18)20(24)16-4-2-1-3-5-16/h1-9,15H,10-14,21H2. The topological polar surface area (TPSA) is 72.6 Å². The number of benzene rings is 2. The van der Waals surface area contributed by atoms with Crippen molar-refractivity contribution >= 4 is 11.7 Å². The predicted molar refractivity (Wildman–Crippen MR) is 95.6 cm³/mol. The van der Waals surface area contributed by atoms with E-state index in [1.165, 1.54) is 0 Å². The average molecular weight is 338 g/mol. The van der Waals surface area contributed by atoms with Crippen molar-refractivity contribution in [1.82, 2.24) is 4.90 Å². The van der Waals surface area contributed by atoms with Gasteiger partial charge in [0.1, 0.15) is 5.75 Å². The van der Waals surface area contributed by atoms with E-state index in [1.54, 1.807) is 41.3 Å². The van der Waals surface area contributed by atoms with Crippen molar-refractivity contribution in [3.8, 4) is 5.75 Å². The molecule has 1 fully saturated rings. The molecule has 0 radical (unpaired) electrons. The highest BCUT2D eigenvalue weighted by atomic mass is 16.5. The first-order valence-electron chi connectivity index (χ1n) is 8.48. The number of carbonyl (C=O) groups excluding carboxylic acids is 2. The average Bonchev–Trinajstić information content (AvgIpc) is 3.16. The summed E-state index contributed by atoms with van der Waals surface area (Å²) in [5.41, 5.74) is 6.89. The van der Waals surface area contributed by atoms with Crippen molar-refractivity contribution in [2.24, 2.45) is 11.7 Å². The van der Waals surface area contributed by atoms with E-state index in [0.29, 0.717) is 35.9 Å². The number of ketones is 1. The monoisotopic (exact) mass is 338 g/mol. The molecule has 1 aliphatic heterocycles. The lowest BCUT2D eigenvalue weighted by Gasteiger charge is -2.16. The van der Waals surface area contributed by atoms with Crippen LogP contribution in [0.25, 0.3) is 0 Å². The first-order chi connectivity index (χ1) is 12.2. The Hall–Kier alpha value is -2.66. The number of amides is 1. The molecule has 1 aliphatic rings. The van der Waals surface area contributed by atoms with Crippen LogP contribution in [0.3, 0.4) is 0 Å². The third-order valence-electron chi connectivity index (χ3n) is 4.49. The zero-order valence-corrected chi connectivity index (χ0v) is 14.1. The Kier molecular flexibility index (Phi) is 5.46. The normalized spacial score (nSPS) is 16.7. The van der Waals surface area contributed by atoms with Crippen LogP contribution in [0.2, 0.25) is 0 Å². The fourth-order valence-corrected chi connectivity index (χ4v) is 2.95. The van der Waals surface area contributed by atoms with Crippen molar-refractivity contribution in [2.45, 2.75) is 6.42 Å². The van der Waals surface area contributed by atoms with Gasteiger partial charge in [0.15, 0.2) is 12.4 Å². The lowest BCUT2D eigenvalue weighted by molar-refractivity contribution is -0.132. The SMILES string of the molecule is NCC1CCN(C(=O)COc2ccc(C(=O)c3ccccc3)cc2)C1. The summed E-state index contributed by atoms with van der Waals surface area (Å²) in [6, 6.07) is 16.0. The molecule has 0 bridgehead atoms. The molecule has 2 aromatic rings. The lowest BCUT2D eigenvalue weighted by atomic mass is 10.0. The van der Waals surface area contributed by atoms with Gasteiger partial charge >= 0.3 is 0 Å². The van der Waals surface area contributed by atoms with Crippen molar-refractivity contribution < 1.29 is 14.3 Å². The lowest BCUT2D eigenvalue weighted by Crippen LogP contribution is -2.33. The molecule has 5 nitrogen and oxygen atoms in total. The number of hydrogen-bond donors (Lipinski definition) is 1.